The van der Waals surface area contributed by atoms with E-state index in [1.807, 2.05) is 48.5 Å². The highest BCUT2D eigenvalue weighted by Crippen LogP contribution is 2.29. The molecule has 0 aliphatic carbocycles. The molecule has 3 aromatic carbocycles. The lowest BCUT2D eigenvalue weighted by Crippen LogP contribution is -2.00. The maximum atomic E-state index is 10.3. The Morgan fingerprint density at radius 2 is 1.31 bits per heavy atom. The second-order valence-electron chi connectivity index (χ2n) is 5.74. The fourth-order valence-corrected chi connectivity index (χ4v) is 2.47. The Labute approximate surface area is 151 Å². The van der Waals surface area contributed by atoms with Gasteiger partial charge in [-0.1, -0.05) is 66.7 Å². The first-order valence-electron chi connectivity index (χ1n) is 8.14. The van der Waals surface area contributed by atoms with E-state index in [4.69, 9.17) is 10.2 Å². The summed E-state index contributed by atoms with van der Waals surface area (Å²) in [6.07, 6.45) is 0.169. The minimum atomic E-state index is -1.08. The predicted molar refractivity (Wildman–Crippen MR) is 99.4 cm³/mol. The third-order valence-electron chi connectivity index (χ3n) is 3.77. The molecule has 134 valence electrons. The zero-order chi connectivity index (χ0) is 18.9. The van der Waals surface area contributed by atoms with Gasteiger partial charge < -0.3 is 15.3 Å². The van der Waals surface area contributed by atoms with Gasteiger partial charge in [-0.25, -0.2) is 0 Å². The molecule has 5 heteroatoms. The topological polar surface area (TPSA) is 94.8 Å². The summed E-state index contributed by atoms with van der Waals surface area (Å²) in [5.41, 5.74) is 2.18. The van der Waals surface area contributed by atoms with Crippen LogP contribution in [-0.4, -0.2) is 27.3 Å². The largest absolute Gasteiger partial charge is 0.507 e. The van der Waals surface area contributed by atoms with Crippen LogP contribution in [0.15, 0.2) is 66.7 Å². The van der Waals surface area contributed by atoms with E-state index in [0.717, 1.165) is 22.8 Å². The second-order valence-corrected chi connectivity index (χ2v) is 5.74. The first-order chi connectivity index (χ1) is 12.5. The van der Waals surface area contributed by atoms with Gasteiger partial charge in [0, 0.05) is 11.8 Å². The van der Waals surface area contributed by atoms with Crippen molar-refractivity contribution in [3.05, 3.63) is 77.9 Å². The SMILES string of the molecule is O=C(O)CCC(=O)O.Oc1c(Cc2ccccc2)ccc2ccccc12. The number of carboxylic acid groups (broad SMARTS) is 2. The van der Waals surface area contributed by atoms with Gasteiger partial charge in [-0.3, -0.25) is 9.59 Å². The molecule has 3 aromatic rings. The number of rotatable bonds is 5. The van der Waals surface area contributed by atoms with Crippen LogP contribution < -0.4 is 0 Å². The van der Waals surface area contributed by atoms with E-state index in [0.29, 0.717) is 5.75 Å². The molecule has 0 aromatic heterocycles. The number of carbonyl (C=O) groups is 2. The molecule has 3 N–H and O–H groups in total. The Kier molecular flexibility index (Phi) is 6.74. The van der Waals surface area contributed by atoms with Gasteiger partial charge in [-0.05, 0) is 16.5 Å². The quantitative estimate of drug-likeness (QED) is 0.643. The number of aromatic hydroxyl groups is 1. The molecule has 26 heavy (non-hydrogen) atoms. The highest BCUT2D eigenvalue weighted by atomic mass is 16.4. The summed E-state index contributed by atoms with van der Waals surface area (Å²) in [6.45, 7) is 0. The van der Waals surface area contributed by atoms with E-state index in [1.54, 1.807) is 0 Å². The smallest absolute Gasteiger partial charge is 0.303 e. The lowest BCUT2D eigenvalue weighted by atomic mass is 10.00. The van der Waals surface area contributed by atoms with Crippen LogP contribution in [0.1, 0.15) is 24.0 Å². The molecule has 0 atom stereocenters. The van der Waals surface area contributed by atoms with Gasteiger partial charge in [0.1, 0.15) is 5.75 Å². The minimum Gasteiger partial charge on any atom is -0.507 e. The van der Waals surface area contributed by atoms with Gasteiger partial charge in [0.05, 0.1) is 12.8 Å². The van der Waals surface area contributed by atoms with Crippen molar-refractivity contribution in [2.45, 2.75) is 19.3 Å². The van der Waals surface area contributed by atoms with E-state index in [2.05, 4.69) is 18.2 Å². The van der Waals surface area contributed by atoms with Crippen LogP contribution in [-0.2, 0) is 16.0 Å². The van der Waals surface area contributed by atoms with E-state index in [9.17, 15) is 14.7 Å². The number of carboxylic acids is 2. The molecule has 0 fully saturated rings. The summed E-state index contributed by atoms with van der Waals surface area (Å²) in [5.74, 6) is -1.75. The molecule has 0 spiro atoms. The van der Waals surface area contributed by atoms with E-state index >= 15 is 0 Å². The van der Waals surface area contributed by atoms with Crippen molar-refractivity contribution in [1.29, 1.82) is 0 Å². The number of phenols is 1. The molecule has 0 aliphatic rings. The lowest BCUT2D eigenvalue weighted by molar-refractivity contribution is -0.143. The molecule has 0 aliphatic heterocycles. The first-order valence-corrected chi connectivity index (χ1v) is 8.14. The predicted octanol–water partition coefficient (Wildman–Crippen LogP) is 4.07. The van der Waals surface area contributed by atoms with Crippen molar-refractivity contribution < 1.29 is 24.9 Å². The Hall–Kier alpha value is -3.34. The molecule has 0 bridgehead atoms. The van der Waals surface area contributed by atoms with Crippen molar-refractivity contribution in [2.75, 3.05) is 0 Å². The van der Waals surface area contributed by atoms with Crippen LogP contribution >= 0.6 is 0 Å². The fraction of sp³-hybridized carbons (Fsp3) is 0.143. The zero-order valence-corrected chi connectivity index (χ0v) is 14.1. The van der Waals surface area contributed by atoms with Crippen LogP contribution in [0.3, 0.4) is 0 Å². The summed E-state index contributed by atoms with van der Waals surface area (Å²) >= 11 is 0. The molecule has 3 rings (SSSR count). The molecule has 0 saturated heterocycles. The average molecular weight is 352 g/mol. The van der Waals surface area contributed by atoms with Crippen LogP contribution in [0.25, 0.3) is 10.8 Å². The maximum absolute atomic E-state index is 10.3. The lowest BCUT2D eigenvalue weighted by Gasteiger charge is -2.08. The number of phenolic OH excluding ortho intramolecular Hbond substituents is 1. The molecule has 0 heterocycles. The Morgan fingerprint density at radius 3 is 1.92 bits per heavy atom. The van der Waals surface area contributed by atoms with Gasteiger partial charge in [0.2, 0.25) is 0 Å². The molecular formula is C21H20O5. The summed E-state index contributed by atoms with van der Waals surface area (Å²) in [4.78, 5) is 19.3. The third kappa shape index (κ3) is 5.63. The van der Waals surface area contributed by atoms with Crippen molar-refractivity contribution in [2.24, 2.45) is 0 Å². The Bertz CT molecular complexity index is 873. The number of hydrogen-bond donors (Lipinski definition) is 3. The van der Waals surface area contributed by atoms with Crippen molar-refractivity contribution in [1.82, 2.24) is 0 Å². The monoisotopic (exact) mass is 352 g/mol. The minimum absolute atomic E-state index is 0.296. The number of aliphatic carboxylic acids is 2. The summed E-state index contributed by atoms with van der Waals surface area (Å²) in [6, 6.07) is 22.2. The molecule has 0 radical (unpaired) electrons. The van der Waals surface area contributed by atoms with Crippen molar-refractivity contribution >= 4 is 22.7 Å². The summed E-state index contributed by atoms with van der Waals surface area (Å²) < 4.78 is 0. The van der Waals surface area contributed by atoms with Gasteiger partial charge in [-0.2, -0.15) is 0 Å². The van der Waals surface area contributed by atoms with Crippen molar-refractivity contribution in [3.8, 4) is 5.75 Å². The first kappa shape index (κ1) is 19.0. The van der Waals surface area contributed by atoms with Gasteiger partial charge in [0.25, 0.3) is 0 Å². The van der Waals surface area contributed by atoms with Crippen LogP contribution in [0.5, 0.6) is 5.75 Å². The Morgan fingerprint density at radius 1 is 0.731 bits per heavy atom. The second kappa shape index (κ2) is 9.22. The van der Waals surface area contributed by atoms with E-state index < -0.39 is 11.9 Å². The van der Waals surface area contributed by atoms with Crippen LogP contribution in [0.2, 0.25) is 0 Å². The highest BCUT2D eigenvalue weighted by molar-refractivity contribution is 5.89. The van der Waals surface area contributed by atoms with Gasteiger partial charge in [0.15, 0.2) is 0 Å². The standard InChI is InChI=1S/C17H14O.C4H6O4/c18-17-15(12-13-6-2-1-3-7-13)11-10-14-8-4-5-9-16(14)17;5-3(6)1-2-4(7)8/h1-11,18H,12H2;1-2H2,(H,5,6)(H,7,8). The summed E-state index contributed by atoms with van der Waals surface area (Å²) in [5, 5.41) is 28.1. The van der Waals surface area contributed by atoms with Crippen LogP contribution in [0.4, 0.5) is 0 Å². The molecule has 0 saturated carbocycles. The van der Waals surface area contributed by atoms with E-state index in [-0.39, 0.29) is 12.8 Å². The van der Waals surface area contributed by atoms with Crippen LogP contribution in [0, 0.1) is 0 Å². The van der Waals surface area contributed by atoms with Crippen molar-refractivity contribution in [3.63, 3.8) is 0 Å². The van der Waals surface area contributed by atoms with Gasteiger partial charge >= 0.3 is 11.9 Å². The number of hydrogen-bond acceptors (Lipinski definition) is 3. The zero-order valence-electron chi connectivity index (χ0n) is 14.1. The molecule has 0 amide bonds. The third-order valence-corrected chi connectivity index (χ3v) is 3.77. The number of fused-ring (bicyclic) bond motifs is 1. The molecule has 0 unspecified atom stereocenters. The normalized spacial score (nSPS) is 10.0. The van der Waals surface area contributed by atoms with Gasteiger partial charge in [-0.15, -0.1) is 0 Å². The average Bonchev–Trinajstić information content (AvgIpc) is 2.64. The molecule has 5 nitrogen and oxygen atoms in total. The fourth-order valence-electron chi connectivity index (χ4n) is 2.47. The maximum Gasteiger partial charge on any atom is 0.303 e. The highest BCUT2D eigenvalue weighted by Gasteiger charge is 2.06. The summed E-state index contributed by atoms with van der Waals surface area (Å²) in [7, 11) is 0. The van der Waals surface area contributed by atoms with E-state index in [1.165, 1.54) is 5.56 Å². The molecular weight excluding hydrogens is 332 g/mol. The number of benzene rings is 3. The Balaban J connectivity index is 0.000000260.